The van der Waals surface area contributed by atoms with Gasteiger partial charge in [0.05, 0.1) is 26.3 Å². The van der Waals surface area contributed by atoms with E-state index in [1.54, 1.807) is 73.9 Å². The van der Waals surface area contributed by atoms with Crippen molar-refractivity contribution in [1.82, 2.24) is 9.66 Å². The van der Waals surface area contributed by atoms with E-state index in [1.165, 1.54) is 5.01 Å². The first kappa shape index (κ1) is 17.8. The molecule has 0 saturated carbocycles. The van der Waals surface area contributed by atoms with E-state index >= 15 is 0 Å². The van der Waals surface area contributed by atoms with E-state index < -0.39 is 0 Å². The van der Waals surface area contributed by atoms with Crippen LogP contribution in [0.1, 0.15) is 5.56 Å². The van der Waals surface area contributed by atoms with Crippen LogP contribution in [0.5, 0.6) is 11.5 Å². The van der Waals surface area contributed by atoms with Gasteiger partial charge >= 0.3 is 0 Å². The summed E-state index contributed by atoms with van der Waals surface area (Å²) in [6, 6.07) is 12.4. The minimum atomic E-state index is -0.151. The number of aromatic nitrogens is 2. The Hall–Kier alpha value is -2.99. The summed E-state index contributed by atoms with van der Waals surface area (Å²) in [6.07, 6.45) is 5.15. The average molecular weight is 372 g/mol. The number of ether oxygens (including phenoxy) is 2. The van der Waals surface area contributed by atoms with Crippen LogP contribution in [-0.2, 0) is 11.2 Å². The van der Waals surface area contributed by atoms with Crippen LogP contribution in [0.3, 0.4) is 0 Å². The number of benzene rings is 1. The van der Waals surface area contributed by atoms with Gasteiger partial charge in [0.1, 0.15) is 5.15 Å². The van der Waals surface area contributed by atoms with Crippen molar-refractivity contribution in [1.29, 1.82) is 0 Å². The number of pyridine rings is 1. The topological polar surface area (TPSA) is 56.6 Å². The molecule has 0 saturated heterocycles. The van der Waals surface area contributed by atoms with Gasteiger partial charge < -0.3 is 9.47 Å². The molecule has 1 amide bonds. The molecule has 0 N–H and O–H groups in total. The first-order valence-corrected chi connectivity index (χ1v) is 8.29. The van der Waals surface area contributed by atoms with Crippen LogP contribution >= 0.6 is 11.6 Å². The summed E-state index contributed by atoms with van der Waals surface area (Å²) in [7, 11) is 3.13. The molecular formula is C19H18ClN3O3. The number of carbonyl (C=O) groups is 1. The first-order chi connectivity index (χ1) is 12.6. The maximum Gasteiger partial charge on any atom is 0.250 e. The maximum atomic E-state index is 13.1. The predicted octanol–water partition coefficient (Wildman–Crippen LogP) is 3.59. The molecule has 0 unspecified atom stereocenters. The molecule has 6 nitrogen and oxygen atoms in total. The molecule has 0 aliphatic carbocycles. The number of rotatable bonds is 6. The molecule has 0 radical (unpaired) electrons. The fraction of sp³-hybridized carbons (Fsp3) is 0.158. The Kier molecular flexibility index (Phi) is 5.43. The standard InChI is InChI=1S/C19H18ClN3O3/c1-25-16-6-5-14(12-17(16)26-2)13-19(24)23(15-7-9-21-10-8-15)22-11-3-4-18(22)20/h3-12H,13H2,1-2H3. The zero-order valence-corrected chi connectivity index (χ0v) is 15.2. The third kappa shape index (κ3) is 3.65. The lowest BCUT2D eigenvalue weighted by Crippen LogP contribution is -2.36. The van der Waals surface area contributed by atoms with Crippen LogP contribution in [0.4, 0.5) is 5.69 Å². The van der Waals surface area contributed by atoms with Crippen LogP contribution < -0.4 is 14.5 Å². The van der Waals surface area contributed by atoms with Crippen molar-refractivity contribution in [3.8, 4) is 11.5 Å². The van der Waals surface area contributed by atoms with E-state index in [0.29, 0.717) is 22.3 Å². The molecule has 0 aliphatic heterocycles. The second kappa shape index (κ2) is 7.93. The fourth-order valence-corrected chi connectivity index (χ4v) is 2.83. The van der Waals surface area contributed by atoms with Gasteiger partial charge in [-0.2, -0.15) is 0 Å². The summed E-state index contributed by atoms with van der Waals surface area (Å²) in [5, 5.41) is 1.95. The number of carbonyl (C=O) groups excluding carboxylic acids is 1. The van der Waals surface area contributed by atoms with Crippen molar-refractivity contribution >= 4 is 23.2 Å². The molecule has 0 aliphatic rings. The van der Waals surface area contributed by atoms with Gasteiger partial charge in [0.15, 0.2) is 11.5 Å². The zero-order chi connectivity index (χ0) is 18.5. The van der Waals surface area contributed by atoms with Crippen molar-refractivity contribution in [2.75, 3.05) is 19.2 Å². The van der Waals surface area contributed by atoms with E-state index in [1.807, 2.05) is 6.07 Å². The highest BCUT2D eigenvalue weighted by molar-refractivity contribution is 6.30. The van der Waals surface area contributed by atoms with Crippen molar-refractivity contribution in [2.45, 2.75) is 6.42 Å². The molecule has 1 aromatic carbocycles. The van der Waals surface area contributed by atoms with Gasteiger partial charge in [-0.1, -0.05) is 17.7 Å². The Morgan fingerprint density at radius 1 is 1.12 bits per heavy atom. The molecular weight excluding hydrogens is 354 g/mol. The van der Waals surface area contributed by atoms with Gasteiger partial charge in [0.2, 0.25) is 0 Å². The highest BCUT2D eigenvalue weighted by Crippen LogP contribution is 2.28. The number of nitrogens with zero attached hydrogens (tertiary/aromatic N) is 3. The molecule has 134 valence electrons. The molecule has 2 heterocycles. The summed E-state index contributed by atoms with van der Waals surface area (Å²) >= 11 is 6.24. The van der Waals surface area contributed by atoms with Gasteiger partial charge in [-0.25, -0.2) is 9.69 Å². The highest BCUT2D eigenvalue weighted by atomic mass is 35.5. The van der Waals surface area contributed by atoms with Gasteiger partial charge in [0, 0.05) is 18.6 Å². The smallest absolute Gasteiger partial charge is 0.250 e. The predicted molar refractivity (Wildman–Crippen MR) is 99.8 cm³/mol. The minimum Gasteiger partial charge on any atom is -0.493 e. The molecule has 2 aromatic heterocycles. The van der Waals surface area contributed by atoms with Crippen LogP contribution in [0, 0.1) is 0 Å². The number of halogens is 1. The van der Waals surface area contributed by atoms with E-state index in [0.717, 1.165) is 5.56 Å². The Labute approximate surface area is 156 Å². The number of methoxy groups -OCH3 is 2. The minimum absolute atomic E-state index is 0.151. The summed E-state index contributed by atoms with van der Waals surface area (Å²) in [4.78, 5) is 17.1. The fourth-order valence-electron chi connectivity index (χ4n) is 2.63. The van der Waals surface area contributed by atoms with E-state index in [9.17, 15) is 4.79 Å². The van der Waals surface area contributed by atoms with Gasteiger partial charge in [-0.3, -0.25) is 9.78 Å². The van der Waals surface area contributed by atoms with Gasteiger partial charge in [0.25, 0.3) is 5.91 Å². The van der Waals surface area contributed by atoms with Crippen molar-refractivity contribution in [3.05, 3.63) is 71.8 Å². The van der Waals surface area contributed by atoms with E-state index in [2.05, 4.69) is 4.98 Å². The summed E-state index contributed by atoms with van der Waals surface area (Å²) in [6.45, 7) is 0. The van der Waals surface area contributed by atoms with Crippen LogP contribution in [0.2, 0.25) is 5.15 Å². The Bertz CT molecular complexity index is 896. The van der Waals surface area contributed by atoms with Gasteiger partial charge in [-0.05, 0) is 42.0 Å². The lowest BCUT2D eigenvalue weighted by Gasteiger charge is -2.25. The third-order valence-corrected chi connectivity index (χ3v) is 4.14. The Balaban J connectivity index is 1.93. The number of anilines is 1. The Morgan fingerprint density at radius 3 is 2.46 bits per heavy atom. The molecule has 0 fully saturated rings. The molecule has 3 rings (SSSR count). The first-order valence-electron chi connectivity index (χ1n) is 7.91. The molecule has 0 bridgehead atoms. The van der Waals surface area contributed by atoms with E-state index in [-0.39, 0.29) is 12.3 Å². The van der Waals surface area contributed by atoms with Crippen molar-refractivity contribution in [3.63, 3.8) is 0 Å². The monoisotopic (exact) mass is 371 g/mol. The highest BCUT2D eigenvalue weighted by Gasteiger charge is 2.20. The average Bonchev–Trinajstić information content (AvgIpc) is 3.08. The van der Waals surface area contributed by atoms with Crippen LogP contribution in [0.25, 0.3) is 0 Å². The molecule has 7 heteroatoms. The van der Waals surface area contributed by atoms with Crippen LogP contribution in [-0.4, -0.2) is 29.8 Å². The van der Waals surface area contributed by atoms with Crippen molar-refractivity contribution in [2.24, 2.45) is 0 Å². The maximum absolute atomic E-state index is 13.1. The Morgan fingerprint density at radius 2 is 1.85 bits per heavy atom. The largest absolute Gasteiger partial charge is 0.493 e. The SMILES string of the molecule is COc1ccc(CC(=O)N(c2ccncc2)n2cccc2Cl)cc1OC. The second-order valence-electron chi connectivity index (χ2n) is 5.45. The molecule has 3 aromatic rings. The van der Waals surface area contributed by atoms with Gasteiger partial charge in [-0.15, -0.1) is 0 Å². The second-order valence-corrected chi connectivity index (χ2v) is 5.84. The van der Waals surface area contributed by atoms with Crippen molar-refractivity contribution < 1.29 is 14.3 Å². The third-order valence-electron chi connectivity index (χ3n) is 3.84. The molecule has 26 heavy (non-hydrogen) atoms. The lowest BCUT2D eigenvalue weighted by atomic mass is 10.1. The van der Waals surface area contributed by atoms with E-state index in [4.69, 9.17) is 21.1 Å². The number of hydrogen-bond donors (Lipinski definition) is 0. The normalized spacial score (nSPS) is 10.4. The quantitative estimate of drug-likeness (QED) is 0.664. The zero-order valence-electron chi connectivity index (χ0n) is 14.4. The summed E-state index contributed by atoms with van der Waals surface area (Å²) in [5.74, 6) is 1.04. The van der Waals surface area contributed by atoms with Crippen LogP contribution in [0.15, 0.2) is 61.1 Å². The number of amides is 1. The molecule has 0 spiro atoms. The molecule has 0 atom stereocenters. The number of hydrogen-bond acceptors (Lipinski definition) is 4. The lowest BCUT2D eigenvalue weighted by molar-refractivity contribution is -0.118. The summed E-state index contributed by atoms with van der Waals surface area (Å²) < 4.78 is 12.1. The summed E-state index contributed by atoms with van der Waals surface area (Å²) in [5.41, 5.74) is 1.47.